The van der Waals surface area contributed by atoms with Gasteiger partial charge in [-0.05, 0) is 5.41 Å². The number of methoxy groups -OCH3 is 5. The summed E-state index contributed by atoms with van der Waals surface area (Å²) in [6, 6.07) is 0. The highest BCUT2D eigenvalue weighted by atomic mass is 16.5. The first-order valence-electron chi connectivity index (χ1n) is 6.75. The molecule has 0 aliphatic heterocycles. The average molecular weight is 312 g/mol. The second-order valence-corrected chi connectivity index (χ2v) is 5.75. The lowest BCUT2D eigenvalue weighted by molar-refractivity contribution is -0.0178. The lowest BCUT2D eigenvalue weighted by Crippen LogP contribution is -2.22. The molecule has 0 saturated carbocycles. The first kappa shape index (κ1) is 28.9. The van der Waals surface area contributed by atoms with Gasteiger partial charge in [-0.15, -0.1) is 0 Å². The standard InChI is InChI=1S/C6H14O3.C5H12.C4H10O2.CH4/c1-7-4-6(9-3)5-8-2;1-5(2,3)4;1-5-3-4-6-2;/h6H,4-5H2,1-3H3;1-4H3;3-4H2,1-2H3;1H4. The van der Waals surface area contributed by atoms with Gasteiger partial charge in [0, 0.05) is 35.5 Å². The fourth-order valence-corrected chi connectivity index (χ4v) is 0.723. The van der Waals surface area contributed by atoms with Crippen LogP contribution in [0.4, 0.5) is 0 Å². The summed E-state index contributed by atoms with van der Waals surface area (Å²) >= 11 is 0. The van der Waals surface area contributed by atoms with E-state index in [-0.39, 0.29) is 13.5 Å². The summed E-state index contributed by atoms with van der Waals surface area (Å²) in [7, 11) is 8.23. The number of ether oxygens (including phenoxy) is 5. The van der Waals surface area contributed by atoms with Gasteiger partial charge < -0.3 is 23.7 Å². The Morgan fingerprint density at radius 1 is 0.667 bits per heavy atom. The molecule has 0 aromatic carbocycles. The van der Waals surface area contributed by atoms with Gasteiger partial charge in [0.05, 0.1) is 26.4 Å². The largest absolute Gasteiger partial charge is 0.382 e. The van der Waals surface area contributed by atoms with Crippen molar-refractivity contribution in [3.63, 3.8) is 0 Å². The lowest BCUT2D eigenvalue weighted by Gasteiger charge is -2.11. The van der Waals surface area contributed by atoms with E-state index in [2.05, 4.69) is 37.2 Å². The monoisotopic (exact) mass is 312 g/mol. The maximum absolute atomic E-state index is 4.98. The maximum atomic E-state index is 4.98. The molecule has 0 saturated heterocycles. The van der Waals surface area contributed by atoms with Gasteiger partial charge in [0.2, 0.25) is 0 Å². The Morgan fingerprint density at radius 3 is 1.10 bits per heavy atom. The van der Waals surface area contributed by atoms with Crippen molar-refractivity contribution in [2.45, 2.75) is 41.2 Å². The molecule has 5 heteroatoms. The van der Waals surface area contributed by atoms with Crippen LogP contribution in [-0.4, -0.2) is 68.1 Å². The van der Waals surface area contributed by atoms with Crippen LogP contribution >= 0.6 is 0 Å². The number of rotatable bonds is 8. The average Bonchev–Trinajstić information content (AvgIpc) is 2.35. The van der Waals surface area contributed by atoms with Crippen molar-refractivity contribution < 1.29 is 23.7 Å². The zero-order valence-corrected chi connectivity index (χ0v) is 14.9. The lowest BCUT2D eigenvalue weighted by atomic mass is 10.0. The Balaban J connectivity index is -0.000000106. The molecule has 0 aliphatic carbocycles. The van der Waals surface area contributed by atoms with E-state index in [1.54, 1.807) is 35.5 Å². The molecule has 0 unspecified atom stereocenters. The van der Waals surface area contributed by atoms with Gasteiger partial charge >= 0.3 is 0 Å². The molecule has 0 atom stereocenters. The predicted octanol–water partition coefficient (Wildman–Crippen LogP) is 3.26. The Kier molecular flexibility index (Phi) is 30.4. The van der Waals surface area contributed by atoms with E-state index in [1.807, 2.05) is 0 Å². The summed E-state index contributed by atoms with van der Waals surface area (Å²) in [6.07, 6.45) is 0.0694. The Labute approximate surface area is 133 Å². The van der Waals surface area contributed by atoms with E-state index in [1.165, 1.54) is 0 Å². The molecule has 0 amide bonds. The summed E-state index contributed by atoms with van der Waals surface area (Å²) in [6.45, 7) is 11.3. The summed E-state index contributed by atoms with van der Waals surface area (Å²) in [5, 5.41) is 0. The van der Waals surface area contributed by atoms with Crippen LogP contribution in [0, 0.1) is 5.41 Å². The summed E-state index contributed by atoms with van der Waals surface area (Å²) in [4.78, 5) is 0. The van der Waals surface area contributed by atoms with Gasteiger partial charge in [0.15, 0.2) is 0 Å². The zero-order valence-electron chi connectivity index (χ0n) is 14.9. The van der Waals surface area contributed by atoms with Gasteiger partial charge in [-0.3, -0.25) is 0 Å². The zero-order chi connectivity index (χ0) is 16.4. The molecule has 0 bridgehead atoms. The molecular formula is C16H40O5. The van der Waals surface area contributed by atoms with E-state index in [4.69, 9.17) is 14.2 Å². The van der Waals surface area contributed by atoms with Crippen molar-refractivity contribution in [2.24, 2.45) is 5.41 Å². The van der Waals surface area contributed by atoms with Gasteiger partial charge in [0.1, 0.15) is 6.10 Å². The molecule has 0 heterocycles. The van der Waals surface area contributed by atoms with Gasteiger partial charge in [-0.25, -0.2) is 0 Å². The van der Waals surface area contributed by atoms with Gasteiger partial charge in [-0.2, -0.15) is 0 Å². The molecule has 0 aliphatic rings. The number of hydrogen-bond donors (Lipinski definition) is 0. The minimum atomic E-state index is 0. The van der Waals surface area contributed by atoms with Crippen LogP contribution in [0.3, 0.4) is 0 Å². The van der Waals surface area contributed by atoms with E-state index in [0.717, 1.165) is 0 Å². The van der Waals surface area contributed by atoms with E-state index < -0.39 is 0 Å². The van der Waals surface area contributed by atoms with Crippen LogP contribution in [0.5, 0.6) is 0 Å². The van der Waals surface area contributed by atoms with Crippen LogP contribution in [0.2, 0.25) is 0 Å². The highest BCUT2D eigenvalue weighted by Crippen LogP contribution is 2.08. The summed E-state index contributed by atoms with van der Waals surface area (Å²) < 4.78 is 24.0. The molecular weight excluding hydrogens is 272 g/mol. The van der Waals surface area contributed by atoms with E-state index >= 15 is 0 Å². The van der Waals surface area contributed by atoms with Crippen LogP contribution in [0.15, 0.2) is 0 Å². The molecule has 0 rings (SSSR count). The van der Waals surface area contributed by atoms with Crippen molar-refractivity contribution in [3.8, 4) is 0 Å². The fraction of sp³-hybridized carbons (Fsp3) is 1.00. The van der Waals surface area contributed by atoms with Crippen molar-refractivity contribution in [1.82, 2.24) is 0 Å². The summed E-state index contributed by atoms with van der Waals surface area (Å²) in [5.74, 6) is 0. The minimum Gasteiger partial charge on any atom is -0.382 e. The molecule has 0 spiro atoms. The molecule has 0 radical (unpaired) electrons. The van der Waals surface area contributed by atoms with Crippen molar-refractivity contribution in [1.29, 1.82) is 0 Å². The van der Waals surface area contributed by atoms with Crippen LogP contribution < -0.4 is 0 Å². The third kappa shape index (κ3) is 53.8. The van der Waals surface area contributed by atoms with Crippen molar-refractivity contribution in [2.75, 3.05) is 62.0 Å². The smallest absolute Gasteiger partial charge is 0.104 e. The molecule has 0 N–H and O–H groups in total. The third-order valence-corrected chi connectivity index (χ3v) is 1.53. The molecule has 0 aromatic heterocycles. The SMILES string of the molecule is C.CC(C)(C)C.COCC(COC)OC.COCCOC. The number of hydrogen-bond acceptors (Lipinski definition) is 5. The Bertz CT molecular complexity index is 141. The topological polar surface area (TPSA) is 46.2 Å². The highest BCUT2D eigenvalue weighted by Gasteiger charge is 2.03. The quantitative estimate of drug-likeness (QED) is 0.644. The van der Waals surface area contributed by atoms with E-state index in [9.17, 15) is 0 Å². The van der Waals surface area contributed by atoms with E-state index in [0.29, 0.717) is 31.8 Å². The van der Waals surface area contributed by atoms with Crippen LogP contribution in [-0.2, 0) is 23.7 Å². The molecule has 5 nitrogen and oxygen atoms in total. The first-order valence-corrected chi connectivity index (χ1v) is 6.75. The predicted molar refractivity (Wildman–Crippen MR) is 90.2 cm³/mol. The van der Waals surface area contributed by atoms with Gasteiger partial charge in [-0.1, -0.05) is 35.1 Å². The van der Waals surface area contributed by atoms with Crippen LogP contribution in [0.25, 0.3) is 0 Å². The van der Waals surface area contributed by atoms with Crippen LogP contribution in [0.1, 0.15) is 35.1 Å². The Morgan fingerprint density at radius 2 is 0.952 bits per heavy atom. The Hall–Kier alpha value is -0.200. The maximum Gasteiger partial charge on any atom is 0.104 e. The normalized spacial score (nSPS) is 10.0. The second-order valence-electron chi connectivity index (χ2n) is 5.75. The van der Waals surface area contributed by atoms with Crippen molar-refractivity contribution in [3.05, 3.63) is 0 Å². The first-order chi connectivity index (χ1) is 9.26. The highest BCUT2D eigenvalue weighted by molar-refractivity contribution is 4.51. The molecule has 0 fully saturated rings. The minimum absolute atomic E-state index is 0. The third-order valence-electron chi connectivity index (χ3n) is 1.53. The molecule has 21 heavy (non-hydrogen) atoms. The molecule has 134 valence electrons. The van der Waals surface area contributed by atoms with Crippen molar-refractivity contribution >= 4 is 0 Å². The fourth-order valence-electron chi connectivity index (χ4n) is 0.723. The van der Waals surface area contributed by atoms with Gasteiger partial charge in [0.25, 0.3) is 0 Å². The second kappa shape index (κ2) is 22.1. The molecule has 0 aromatic rings. The summed E-state index contributed by atoms with van der Waals surface area (Å²) in [5.41, 5.74) is 0.500.